The molecule has 0 atom stereocenters. The maximum Gasteiger partial charge on any atom is 0.149 e. The molecule has 2 aromatic rings. The molecule has 2 nitrogen and oxygen atoms in total. The largest absolute Gasteiger partial charge is 0.342 e. The lowest BCUT2D eigenvalue weighted by Gasteiger charge is -2.05. The molecule has 0 aliphatic heterocycles. The van der Waals surface area contributed by atoms with E-state index in [1.165, 1.54) is 5.69 Å². The fraction of sp³-hybridized carbons (Fsp3) is 0.273. The van der Waals surface area contributed by atoms with Crippen molar-refractivity contribution in [1.29, 1.82) is 0 Å². The van der Waals surface area contributed by atoms with E-state index in [4.69, 9.17) is 12.2 Å². The van der Waals surface area contributed by atoms with E-state index in [1.54, 1.807) is 11.3 Å². The first kappa shape index (κ1) is 12.0. The first-order valence-corrected chi connectivity index (χ1v) is 7.04. The van der Waals surface area contributed by atoms with E-state index in [-0.39, 0.29) is 0 Å². The number of nitrogens with zero attached hydrogens (tertiary/aromatic N) is 1. The minimum Gasteiger partial charge on any atom is -0.342 e. The second-order valence-electron chi connectivity index (χ2n) is 3.48. The average molecular weight is 315 g/mol. The molecule has 0 aromatic carbocycles. The van der Waals surface area contributed by atoms with E-state index in [9.17, 15) is 0 Å². The molecule has 0 spiro atoms. The third kappa shape index (κ3) is 2.26. The molecule has 0 unspecified atom stereocenters. The topological polar surface area (TPSA) is 28.7 Å². The molecule has 0 bridgehead atoms. The highest BCUT2D eigenvalue weighted by molar-refractivity contribution is 9.10. The summed E-state index contributed by atoms with van der Waals surface area (Å²) in [5.74, 6) is 0.864. The van der Waals surface area contributed by atoms with Crippen molar-refractivity contribution < 1.29 is 0 Å². The Bertz CT molecular complexity index is 572. The van der Waals surface area contributed by atoms with Crippen LogP contribution in [0.25, 0.3) is 10.7 Å². The highest BCUT2D eigenvalue weighted by Crippen LogP contribution is 2.28. The van der Waals surface area contributed by atoms with E-state index in [1.807, 2.05) is 18.4 Å². The Labute approximate surface area is 112 Å². The monoisotopic (exact) mass is 314 g/mol. The number of aryl methyl sites for hydroxylation is 1. The second kappa shape index (κ2) is 4.77. The fourth-order valence-corrected chi connectivity index (χ4v) is 3.07. The van der Waals surface area contributed by atoms with Crippen LogP contribution in [0.15, 0.2) is 15.9 Å². The fourth-order valence-electron chi connectivity index (χ4n) is 1.49. The minimum atomic E-state index is 0.690. The Morgan fingerprint density at radius 2 is 2.31 bits per heavy atom. The molecule has 0 saturated carbocycles. The number of rotatable bonds is 2. The second-order valence-corrected chi connectivity index (χ2v) is 5.69. The molecule has 2 aromatic heterocycles. The maximum atomic E-state index is 5.26. The van der Waals surface area contributed by atoms with Gasteiger partial charge in [0.15, 0.2) is 0 Å². The van der Waals surface area contributed by atoms with Crippen LogP contribution in [0.2, 0.25) is 0 Å². The molecule has 0 radical (unpaired) electrons. The summed E-state index contributed by atoms with van der Waals surface area (Å²) in [7, 11) is 0. The summed E-state index contributed by atoms with van der Waals surface area (Å²) in [4.78, 5) is 8.86. The minimum absolute atomic E-state index is 0.690. The van der Waals surface area contributed by atoms with Crippen molar-refractivity contribution in [2.24, 2.45) is 0 Å². The van der Waals surface area contributed by atoms with Gasteiger partial charge in [0.25, 0.3) is 0 Å². The van der Waals surface area contributed by atoms with Crippen LogP contribution < -0.4 is 0 Å². The third-order valence-electron chi connectivity index (χ3n) is 2.41. The van der Waals surface area contributed by atoms with Crippen molar-refractivity contribution in [3.63, 3.8) is 0 Å². The maximum absolute atomic E-state index is 5.26. The lowest BCUT2D eigenvalue weighted by Crippen LogP contribution is -1.98. The SMILES string of the molecule is CCc1[nH]c(-c2cc(Br)cs2)nc(=S)c1C. The van der Waals surface area contributed by atoms with E-state index in [2.05, 4.69) is 32.8 Å². The van der Waals surface area contributed by atoms with Crippen molar-refractivity contribution in [2.75, 3.05) is 0 Å². The van der Waals surface area contributed by atoms with Gasteiger partial charge >= 0.3 is 0 Å². The van der Waals surface area contributed by atoms with Crippen LogP contribution in [-0.2, 0) is 6.42 Å². The summed E-state index contributed by atoms with van der Waals surface area (Å²) >= 11 is 10.4. The summed E-state index contributed by atoms with van der Waals surface area (Å²) in [5.41, 5.74) is 2.25. The highest BCUT2D eigenvalue weighted by atomic mass is 79.9. The number of H-pyrrole nitrogens is 1. The molecular formula is C11H11BrN2S2. The van der Waals surface area contributed by atoms with E-state index in [0.29, 0.717) is 4.64 Å². The standard InChI is InChI=1S/C11H11BrN2S2/c1-3-8-6(2)11(15)14-10(13-8)9-4-7(12)5-16-9/h4-5H,3H2,1-2H3,(H,13,14,15). The zero-order chi connectivity index (χ0) is 11.7. The molecule has 0 amide bonds. The molecule has 0 fully saturated rings. The number of nitrogens with one attached hydrogen (secondary N) is 1. The zero-order valence-electron chi connectivity index (χ0n) is 9.00. The Balaban J connectivity index is 2.59. The van der Waals surface area contributed by atoms with Crippen LogP contribution in [0.4, 0.5) is 0 Å². The summed E-state index contributed by atoms with van der Waals surface area (Å²) in [6, 6.07) is 2.05. The number of aromatic nitrogens is 2. The van der Waals surface area contributed by atoms with Gasteiger partial charge in [-0.25, -0.2) is 4.98 Å². The lowest BCUT2D eigenvalue weighted by molar-refractivity contribution is 0.971. The van der Waals surface area contributed by atoms with Gasteiger partial charge < -0.3 is 4.98 Å². The number of hydrogen-bond acceptors (Lipinski definition) is 3. The van der Waals surface area contributed by atoms with Crippen LogP contribution in [-0.4, -0.2) is 9.97 Å². The first-order chi connectivity index (χ1) is 7.61. The van der Waals surface area contributed by atoms with E-state index in [0.717, 1.165) is 27.2 Å². The molecule has 5 heteroatoms. The van der Waals surface area contributed by atoms with Crippen LogP contribution in [0.5, 0.6) is 0 Å². The molecule has 84 valence electrons. The molecule has 0 saturated heterocycles. The smallest absolute Gasteiger partial charge is 0.149 e. The van der Waals surface area contributed by atoms with E-state index < -0.39 is 0 Å². The van der Waals surface area contributed by atoms with Crippen LogP contribution >= 0.6 is 39.5 Å². The molecule has 0 aliphatic carbocycles. The van der Waals surface area contributed by atoms with Gasteiger partial charge in [0.2, 0.25) is 0 Å². The van der Waals surface area contributed by atoms with Gasteiger partial charge in [-0.3, -0.25) is 0 Å². The highest BCUT2D eigenvalue weighted by Gasteiger charge is 2.07. The molecule has 2 heterocycles. The van der Waals surface area contributed by atoms with Gasteiger partial charge in [-0.05, 0) is 35.3 Å². The van der Waals surface area contributed by atoms with Gasteiger partial charge in [0.05, 0.1) is 4.88 Å². The molecule has 2 rings (SSSR count). The molecule has 16 heavy (non-hydrogen) atoms. The summed E-state index contributed by atoms with van der Waals surface area (Å²) in [5, 5.41) is 2.04. The molecular weight excluding hydrogens is 304 g/mol. The first-order valence-electron chi connectivity index (χ1n) is 4.96. The predicted molar refractivity (Wildman–Crippen MR) is 74.5 cm³/mol. The third-order valence-corrected chi connectivity index (χ3v) is 4.51. The van der Waals surface area contributed by atoms with E-state index >= 15 is 0 Å². The molecule has 0 aliphatic rings. The number of thiophene rings is 1. The average Bonchev–Trinajstić information content (AvgIpc) is 2.69. The molecule has 1 N–H and O–H groups in total. The van der Waals surface area contributed by atoms with Crippen molar-refractivity contribution >= 4 is 39.5 Å². The summed E-state index contributed by atoms with van der Waals surface area (Å²) in [6.07, 6.45) is 0.942. The normalized spacial score (nSPS) is 10.7. The van der Waals surface area contributed by atoms with Gasteiger partial charge in [0, 0.05) is 21.1 Å². The van der Waals surface area contributed by atoms with Gasteiger partial charge in [0.1, 0.15) is 10.5 Å². The summed E-state index contributed by atoms with van der Waals surface area (Å²) in [6.45, 7) is 4.13. The van der Waals surface area contributed by atoms with Crippen LogP contribution in [0.1, 0.15) is 18.2 Å². The number of halogens is 1. The Morgan fingerprint density at radius 3 is 2.88 bits per heavy atom. The Hall–Kier alpha value is -0.520. The number of aromatic amines is 1. The van der Waals surface area contributed by atoms with Crippen molar-refractivity contribution in [2.45, 2.75) is 20.3 Å². The van der Waals surface area contributed by atoms with Crippen LogP contribution in [0.3, 0.4) is 0 Å². The van der Waals surface area contributed by atoms with Crippen molar-refractivity contribution in [1.82, 2.24) is 9.97 Å². The summed E-state index contributed by atoms with van der Waals surface area (Å²) < 4.78 is 1.77. The van der Waals surface area contributed by atoms with Crippen LogP contribution in [0, 0.1) is 11.6 Å². The Morgan fingerprint density at radius 1 is 1.56 bits per heavy atom. The Kier molecular flexibility index (Phi) is 3.56. The predicted octanol–water partition coefficient (Wildman–Crippen LogP) is 4.50. The quantitative estimate of drug-likeness (QED) is 0.827. The zero-order valence-corrected chi connectivity index (χ0v) is 12.2. The van der Waals surface area contributed by atoms with Gasteiger partial charge in [-0.2, -0.15) is 0 Å². The van der Waals surface area contributed by atoms with Crippen molar-refractivity contribution in [3.8, 4) is 10.7 Å². The van der Waals surface area contributed by atoms with Crippen molar-refractivity contribution in [3.05, 3.63) is 31.8 Å². The number of hydrogen-bond donors (Lipinski definition) is 1. The van der Waals surface area contributed by atoms with Gasteiger partial charge in [-0.1, -0.05) is 19.1 Å². The van der Waals surface area contributed by atoms with Gasteiger partial charge in [-0.15, -0.1) is 11.3 Å². The lowest BCUT2D eigenvalue weighted by atomic mass is 10.2.